The molecule has 0 fully saturated rings. The van der Waals surface area contributed by atoms with Crippen LogP contribution < -0.4 is 0 Å². The van der Waals surface area contributed by atoms with E-state index < -0.39 is 0 Å². The van der Waals surface area contributed by atoms with Crippen molar-refractivity contribution >= 4 is 0 Å². The van der Waals surface area contributed by atoms with Gasteiger partial charge < -0.3 is 0 Å². The van der Waals surface area contributed by atoms with Crippen LogP contribution in [0, 0.1) is 0 Å². The molecule has 0 amide bonds. The summed E-state index contributed by atoms with van der Waals surface area (Å²) in [5.74, 6) is 1.05. The number of pyridine rings is 4. The van der Waals surface area contributed by atoms with Crippen molar-refractivity contribution in [2.24, 2.45) is 0 Å². The molecule has 6 heteroatoms. The highest BCUT2D eigenvalue weighted by Crippen LogP contribution is 2.27. The molecular formula is C45H50N6. The molecule has 0 N–H and O–H groups in total. The molecular weight excluding hydrogens is 625 g/mol. The summed E-state index contributed by atoms with van der Waals surface area (Å²) < 4.78 is 0. The summed E-state index contributed by atoms with van der Waals surface area (Å²) in [6.45, 7) is 9.57. The largest absolute Gasteiger partial charge is 0.287 e. The minimum Gasteiger partial charge on any atom is -0.287 e. The van der Waals surface area contributed by atoms with Crippen LogP contribution in [0.1, 0.15) is 90.0 Å². The van der Waals surface area contributed by atoms with E-state index in [0.29, 0.717) is 11.8 Å². The van der Waals surface area contributed by atoms with Gasteiger partial charge in [-0.25, -0.2) is 0 Å². The van der Waals surface area contributed by atoms with E-state index in [1.165, 1.54) is 41.5 Å². The van der Waals surface area contributed by atoms with Crippen LogP contribution >= 0.6 is 0 Å². The number of benzene rings is 2. The topological polar surface area (TPSA) is 58.0 Å². The minimum absolute atomic E-state index is 0.524. The summed E-state index contributed by atoms with van der Waals surface area (Å²) in [7, 11) is 0. The highest BCUT2D eigenvalue weighted by Gasteiger charge is 2.14. The Bertz CT molecular complexity index is 1610. The number of hydrogen-bond acceptors (Lipinski definition) is 6. The molecule has 51 heavy (non-hydrogen) atoms. The molecule has 0 radical (unpaired) electrons. The normalized spacial score (nSPS) is 12.6. The second kappa shape index (κ2) is 18.8. The lowest BCUT2D eigenvalue weighted by atomic mass is 9.90. The van der Waals surface area contributed by atoms with Gasteiger partial charge in [-0.3, -0.25) is 29.7 Å². The Morgan fingerprint density at radius 2 is 0.706 bits per heavy atom. The smallest absolute Gasteiger partial charge is 0.0544 e. The van der Waals surface area contributed by atoms with Crippen LogP contribution in [0.3, 0.4) is 0 Å². The molecule has 2 atom stereocenters. The van der Waals surface area contributed by atoms with E-state index in [0.717, 1.165) is 62.0 Å². The Labute approximate surface area is 304 Å². The van der Waals surface area contributed by atoms with E-state index >= 15 is 0 Å². The molecule has 6 nitrogen and oxygen atoms in total. The third kappa shape index (κ3) is 11.5. The molecule has 0 aliphatic heterocycles. The van der Waals surface area contributed by atoms with Crippen LogP contribution in [-0.4, -0.2) is 29.7 Å². The van der Waals surface area contributed by atoms with E-state index in [9.17, 15) is 0 Å². The van der Waals surface area contributed by atoms with Gasteiger partial charge in [-0.05, 0) is 95.5 Å². The maximum Gasteiger partial charge on any atom is 0.0544 e. The van der Waals surface area contributed by atoms with Crippen molar-refractivity contribution in [2.45, 2.75) is 84.2 Å². The highest BCUT2D eigenvalue weighted by atomic mass is 15.1. The van der Waals surface area contributed by atoms with Gasteiger partial charge in [0.15, 0.2) is 0 Å². The summed E-state index contributed by atoms with van der Waals surface area (Å²) in [4.78, 5) is 23.1. The Balaban J connectivity index is 0.985. The second-order valence-corrected chi connectivity index (χ2v) is 13.8. The Morgan fingerprint density at radius 3 is 0.980 bits per heavy atom. The fourth-order valence-corrected chi connectivity index (χ4v) is 6.70. The predicted octanol–water partition coefficient (Wildman–Crippen LogP) is 9.75. The minimum atomic E-state index is 0.524. The van der Waals surface area contributed by atoms with Crippen LogP contribution in [0.5, 0.6) is 0 Å². The monoisotopic (exact) mass is 674 g/mol. The fraction of sp³-hybridized carbons (Fsp3) is 0.289. The van der Waals surface area contributed by atoms with Crippen molar-refractivity contribution in [1.82, 2.24) is 29.7 Å². The predicted molar refractivity (Wildman–Crippen MR) is 206 cm³/mol. The maximum absolute atomic E-state index is 4.57. The van der Waals surface area contributed by atoms with Gasteiger partial charge in [-0.2, -0.15) is 0 Å². The van der Waals surface area contributed by atoms with Crippen molar-refractivity contribution in [3.05, 3.63) is 191 Å². The first-order valence-corrected chi connectivity index (χ1v) is 18.3. The Hall–Kier alpha value is -5.04. The van der Waals surface area contributed by atoms with Crippen LogP contribution in [0.2, 0.25) is 0 Å². The first-order valence-electron chi connectivity index (χ1n) is 18.3. The molecule has 4 heterocycles. The molecule has 4 aromatic heterocycles. The van der Waals surface area contributed by atoms with Gasteiger partial charge in [0.2, 0.25) is 0 Å². The first-order chi connectivity index (χ1) is 25.1. The van der Waals surface area contributed by atoms with Crippen molar-refractivity contribution in [3.63, 3.8) is 0 Å². The first kappa shape index (κ1) is 35.8. The molecule has 2 unspecified atom stereocenters. The highest BCUT2D eigenvalue weighted by molar-refractivity contribution is 5.27. The van der Waals surface area contributed by atoms with Gasteiger partial charge in [0.25, 0.3) is 0 Å². The van der Waals surface area contributed by atoms with E-state index in [2.05, 4.69) is 141 Å². The quantitative estimate of drug-likeness (QED) is 0.0905. The Morgan fingerprint density at radius 1 is 0.392 bits per heavy atom. The standard InChI is InChI=1S/C45H50N6/c1-36(40-22-18-38(19-23-40)30-50(32-42-14-3-7-26-46-42)33-43-15-4-8-27-47-43)12-11-13-37(2)41-24-20-39(21-25-41)31-51(34-44-16-5-9-28-48-44)35-45-17-6-10-29-49-45/h3-10,14-29,36-37H,11-13,30-35H2,1-2H3. The van der Waals surface area contributed by atoms with Crippen molar-refractivity contribution in [3.8, 4) is 0 Å². The molecule has 6 rings (SSSR count). The molecule has 0 aliphatic carbocycles. The van der Waals surface area contributed by atoms with Gasteiger partial charge in [0.1, 0.15) is 0 Å². The van der Waals surface area contributed by atoms with Crippen LogP contribution in [-0.2, 0) is 39.3 Å². The average Bonchev–Trinajstić information content (AvgIpc) is 3.17. The lowest BCUT2D eigenvalue weighted by molar-refractivity contribution is 0.241. The van der Waals surface area contributed by atoms with Crippen molar-refractivity contribution in [2.75, 3.05) is 0 Å². The molecule has 6 aromatic rings. The average molecular weight is 675 g/mol. The molecule has 0 saturated heterocycles. The van der Waals surface area contributed by atoms with E-state index in [-0.39, 0.29) is 0 Å². The van der Waals surface area contributed by atoms with Gasteiger partial charge >= 0.3 is 0 Å². The van der Waals surface area contributed by atoms with Crippen molar-refractivity contribution < 1.29 is 0 Å². The summed E-state index contributed by atoms with van der Waals surface area (Å²) in [6.07, 6.45) is 11.0. The lowest BCUT2D eigenvalue weighted by Gasteiger charge is -2.22. The summed E-state index contributed by atoms with van der Waals surface area (Å²) >= 11 is 0. The fourth-order valence-electron chi connectivity index (χ4n) is 6.70. The third-order valence-electron chi connectivity index (χ3n) is 9.63. The molecule has 2 aromatic carbocycles. The van der Waals surface area contributed by atoms with Crippen LogP contribution in [0.4, 0.5) is 0 Å². The van der Waals surface area contributed by atoms with E-state index in [4.69, 9.17) is 0 Å². The summed E-state index contributed by atoms with van der Waals surface area (Å²) in [6, 6.07) is 43.0. The maximum atomic E-state index is 4.57. The molecule has 0 bridgehead atoms. The number of nitrogens with zero attached hydrogens (tertiary/aromatic N) is 6. The van der Waals surface area contributed by atoms with Crippen molar-refractivity contribution in [1.29, 1.82) is 0 Å². The summed E-state index contributed by atoms with van der Waals surface area (Å²) in [5, 5.41) is 0. The van der Waals surface area contributed by atoms with E-state index in [1.807, 2.05) is 49.1 Å². The zero-order valence-corrected chi connectivity index (χ0v) is 30.1. The summed E-state index contributed by atoms with van der Waals surface area (Å²) in [5.41, 5.74) is 9.74. The van der Waals surface area contributed by atoms with E-state index in [1.54, 1.807) is 0 Å². The van der Waals surface area contributed by atoms with Gasteiger partial charge in [-0.15, -0.1) is 0 Å². The number of hydrogen-bond donors (Lipinski definition) is 0. The number of rotatable bonds is 18. The molecule has 0 aliphatic rings. The SMILES string of the molecule is CC(CCCC(C)c1ccc(CN(Cc2ccccn2)Cc2ccccn2)cc1)c1ccc(CN(Cc2ccccn2)Cc2ccccn2)cc1. The van der Waals surface area contributed by atoms with Crippen LogP contribution in [0.15, 0.2) is 146 Å². The van der Waals surface area contributed by atoms with Gasteiger partial charge in [-0.1, -0.05) is 93.1 Å². The third-order valence-corrected chi connectivity index (χ3v) is 9.63. The lowest BCUT2D eigenvalue weighted by Crippen LogP contribution is -2.23. The van der Waals surface area contributed by atoms with Gasteiger partial charge in [0, 0.05) is 64.1 Å². The number of aromatic nitrogens is 4. The van der Waals surface area contributed by atoms with Gasteiger partial charge in [0.05, 0.1) is 22.8 Å². The zero-order chi connectivity index (χ0) is 35.1. The second-order valence-electron chi connectivity index (χ2n) is 13.8. The molecule has 260 valence electrons. The zero-order valence-electron chi connectivity index (χ0n) is 30.1. The molecule has 0 saturated carbocycles. The Kier molecular flexibility index (Phi) is 13.2. The van der Waals surface area contributed by atoms with Crippen LogP contribution in [0.25, 0.3) is 0 Å². The molecule has 0 spiro atoms.